The van der Waals surface area contributed by atoms with Gasteiger partial charge in [0.1, 0.15) is 6.61 Å². The predicted molar refractivity (Wildman–Crippen MR) is 129 cm³/mol. The van der Waals surface area contributed by atoms with Crippen LogP contribution in [0.5, 0.6) is 11.5 Å². The zero-order valence-corrected chi connectivity index (χ0v) is 20.0. The first kappa shape index (κ1) is 23.8. The van der Waals surface area contributed by atoms with Crippen molar-refractivity contribution in [2.75, 3.05) is 20.2 Å². The molecule has 8 heteroatoms. The van der Waals surface area contributed by atoms with Gasteiger partial charge >= 0.3 is 0 Å². The summed E-state index contributed by atoms with van der Waals surface area (Å²) in [6.45, 7) is 4.04. The summed E-state index contributed by atoms with van der Waals surface area (Å²) in [5, 5.41) is 8.56. The van der Waals surface area contributed by atoms with E-state index in [1.807, 2.05) is 58.3 Å². The highest BCUT2D eigenvalue weighted by atomic mass is 32.1. The normalized spacial score (nSPS) is 10.6. The summed E-state index contributed by atoms with van der Waals surface area (Å²) in [5.41, 5.74) is 1.64. The lowest BCUT2D eigenvalue weighted by Crippen LogP contribution is -2.31. The Hall–Kier alpha value is -2.84. The molecule has 2 amide bonds. The number of nitrogens with one attached hydrogen (secondary N) is 1. The van der Waals surface area contributed by atoms with Gasteiger partial charge in [0.05, 0.1) is 7.11 Å². The molecule has 0 spiro atoms. The summed E-state index contributed by atoms with van der Waals surface area (Å²) in [6.07, 6.45) is 0.987. The van der Waals surface area contributed by atoms with Crippen LogP contribution in [-0.4, -0.2) is 36.9 Å². The molecule has 0 aliphatic rings. The van der Waals surface area contributed by atoms with Gasteiger partial charge in [0, 0.05) is 41.9 Å². The molecular formula is C24H28N2O4S2. The molecule has 0 unspecified atom stereocenters. The van der Waals surface area contributed by atoms with Crippen LogP contribution >= 0.6 is 22.7 Å². The van der Waals surface area contributed by atoms with E-state index in [0.717, 1.165) is 10.4 Å². The number of hydrogen-bond donors (Lipinski definition) is 1. The van der Waals surface area contributed by atoms with Crippen molar-refractivity contribution in [2.45, 2.75) is 32.9 Å². The van der Waals surface area contributed by atoms with Crippen LogP contribution in [-0.2, 0) is 17.9 Å². The molecule has 3 aromatic rings. The van der Waals surface area contributed by atoms with E-state index in [0.29, 0.717) is 56.1 Å². The van der Waals surface area contributed by atoms with Crippen molar-refractivity contribution >= 4 is 34.5 Å². The molecule has 0 saturated carbocycles. The molecule has 0 atom stereocenters. The molecule has 1 N–H and O–H groups in total. The Kier molecular flexibility index (Phi) is 9.13. The quantitative estimate of drug-likeness (QED) is 0.379. The lowest BCUT2D eigenvalue weighted by Gasteiger charge is -2.22. The monoisotopic (exact) mass is 472 g/mol. The van der Waals surface area contributed by atoms with Gasteiger partial charge in [0.15, 0.2) is 11.5 Å². The molecule has 0 fully saturated rings. The van der Waals surface area contributed by atoms with Gasteiger partial charge < -0.3 is 19.7 Å². The van der Waals surface area contributed by atoms with Crippen LogP contribution in [0.3, 0.4) is 0 Å². The van der Waals surface area contributed by atoms with E-state index in [2.05, 4.69) is 5.32 Å². The van der Waals surface area contributed by atoms with Crippen molar-refractivity contribution in [3.8, 4) is 11.5 Å². The number of methoxy groups -OCH3 is 1. The number of amides is 2. The number of thiophene rings is 2. The topological polar surface area (TPSA) is 67.9 Å². The lowest BCUT2D eigenvalue weighted by molar-refractivity contribution is -0.131. The van der Waals surface area contributed by atoms with E-state index in [-0.39, 0.29) is 11.8 Å². The fraction of sp³-hybridized carbons (Fsp3) is 0.333. The van der Waals surface area contributed by atoms with E-state index >= 15 is 0 Å². The number of benzene rings is 1. The second-order valence-electron chi connectivity index (χ2n) is 7.13. The third kappa shape index (κ3) is 6.83. The summed E-state index contributed by atoms with van der Waals surface area (Å²) >= 11 is 3.14. The minimum Gasteiger partial charge on any atom is -0.493 e. The number of hydrogen-bond acceptors (Lipinski definition) is 6. The zero-order chi connectivity index (χ0) is 22.8. The predicted octanol–water partition coefficient (Wildman–Crippen LogP) is 4.96. The summed E-state index contributed by atoms with van der Waals surface area (Å²) in [7, 11) is 1.62. The smallest absolute Gasteiger partial charge is 0.252 e. The van der Waals surface area contributed by atoms with E-state index in [4.69, 9.17) is 9.47 Å². The number of carbonyl (C=O) groups excluding carboxylic acids is 2. The first-order valence-electron chi connectivity index (χ1n) is 10.5. The van der Waals surface area contributed by atoms with Crippen LogP contribution in [0.4, 0.5) is 0 Å². The van der Waals surface area contributed by atoms with E-state index < -0.39 is 0 Å². The molecule has 32 heavy (non-hydrogen) atoms. The second kappa shape index (κ2) is 12.3. The molecule has 2 aromatic heterocycles. The molecular weight excluding hydrogens is 444 g/mol. The number of ether oxygens (including phenoxy) is 2. The fourth-order valence-electron chi connectivity index (χ4n) is 3.17. The number of carbonyl (C=O) groups is 2. The standard InChI is InChI=1S/C24H28N2O4S2/c1-3-26(23(27)7-4-11-25-24(28)19-10-13-31-17-19)15-18-8-9-21(22(14-18)29-2)30-16-20-6-5-12-32-20/h5-6,8-10,12-14,17H,3-4,7,11,15-16H2,1-2H3,(H,25,28). The first-order chi connectivity index (χ1) is 15.6. The molecule has 0 aliphatic heterocycles. The summed E-state index contributed by atoms with van der Waals surface area (Å²) in [6, 6.07) is 11.6. The van der Waals surface area contributed by atoms with Gasteiger partial charge in [0.25, 0.3) is 5.91 Å². The van der Waals surface area contributed by atoms with E-state index in [9.17, 15) is 9.59 Å². The maximum atomic E-state index is 12.7. The summed E-state index contributed by atoms with van der Waals surface area (Å²) in [4.78, 5) is 27.6. The molecule has 170 valence electrons. The molecule has 3 rings (SSSR count). The van der Waals surface area contributed by atoms with Gasteiger partial charge in [-0.25, -0.2) is 0 Å². The highest BCUT2D eigenvalue weighted by molar-refractivity contribution is 7.09. The SMILES string of the molecule is CCN(Cc1ccc(OCc2cccs2)c(OC)c1)C(=O)CCCNC(=O)c1ccsc1. The number of nitrogens with zero attached hydrogens (tertiary/aromatic N) is 1. The highest BCUT2D eigenvalue weighted by Crippen LogP contribution is 2.30. The van der Waals surface area contributed by atoms with Gasteiger partial charge in [-0.15, -0.1) is 11.3 Å². The molecule has 0 bridgehead atoms. The van der Waals surface area contributed by atoms with Crippen molar-refractivity contribution in [3.05, 3.63) is 68.5 Å². The average molecular weight is 473 g/mol. The Morgan fingerprint density at radius 1 is 1.12 bits per heavy atom. The summed E-state index contributed by atoms with van der Waals surface area (Å²) in [5.74, 6) is 1.30. The lowest BCUT2D eigenvalue weighted by atomic mass is 10.1. The Labute approximate surface area is 196 Å². The zero-order valence-electron chi connectivity index (χ0n) is 18.3. The van der Waals surface area contributed by atoms with Gasteiger partial charge in [-0.2, -0.15) is 11.3 Å². The molecule has 0 radical (unpaired) electrons. The Balaban J connectivity index is 1.48. The minimum absolute atomic E-state index is 0.0641. The van der Waals surface area contributed by atoms with E-state index in [1.165, 1.54) is 11.3 Å². The van der Waals surface area contributed by atoms with Gasteiger partial charge in [-0.1, -0.05) is 12.1 Å². The van der Waals surface area contributed by atoms with Crippen molar-refractivity contribution < 1.29 is 19.1 Å². The van der Waals surface area contributed by atoms with Crippen LogP contribution in [0.1, 0.15) is 40.6 Å². The van der Waals surface area contributed by atoms with Crippen molar-refractivity contribution in [3.63, 3.8) is 0 Å². The third-order valence-electron chi connectivity index (χ3n) is 4.92. The van der Waals surface area contributed by atoms with Crippen LogP contribution in [0.2, 0.25) is 0 Å². The average Bonchev–Trinajstić information content (AvgIpc) is 3.53. The largest absolute Gasteiger partial charge is 0.493 e. The van der Waals surface area contributed by atoms with Crippen LogP contribution in [0.15, 0.2) is 52.5 Å². The van der Waals surface area contributed by atoms with Crippen molar-refractivity contribution in [1.82, 2.24) is 10.2 Å². The van der Waals surface area contributed by atoms with E-state index in [1.54, 1.807) is 24.5 Å². The second-order valence-corrected chi connectivity index (χ2v) is 8.94. The number of rotatable bonds is 12. The van der Waals surface area contributed by atoms with Crippen LogP contribution in [0, 0.1) is 0 Å². The van der Waals surface area contributed by atoms with Gasteiger partial charge in [0.2, 0.25) is 5.91 Å². The highest BCUT2D eigenvalue weighted by Gasteiger charge is 2.14. The Morgan fingerprint density at radius 2 is 2.00 bits per heavy atom. The molecule has 1 aromatic carbocycles. The van der Waals surface area contributed by atoms with Gasteiger partial charge in [-0.3, -0.25) is 9.59 Å². The Morgan fingerprint density at radius 3 is 2.69 bits per heavy atom. The third-order valence-corrected chi connectivity index (χ3v) is 6.46. The maximum Gasteiger partial charge on any atom is 0.252 e. The van der Waals surface area contributed by atoms with Crippen molar-refractivity contribution in [1.29, 1.82) is 0 Å². The molecule has 6 nitrogen and oxygen atoms in total. The van der Waals surface area contributed by atoms with Crippen LogP contribution < -0.4 is 14.8 Å². The van der Waals surface area contributed by atoms with Crippen molar-refractivity contribution in [2.24, 2.45) is 0 Å². The molecule has 2 heterocycles. The molecule has 0 aliphatic carbocycles. The summed E-state index contributed by atoms with van der Waals surface area (Å²) < 4.78 is 11.4. The maximum absolute atomic E-state index is 12.7. The minimum atomic E-state index is -0.0977. The molecule has 0 saturated heterocycles. The van der Waals surface area contributed by atoms with Crippen LogP contribution in [0.25, 0.3) is 0 Å². The fourth-order valence-corrected chi connectivity index (χ4v) is 4.42. The van der Waals surface area contributed by atoms with Gasteiger partial charge in [-0.05, 0) is 53.9 Å². The first-order valence-corrected chi connectivity index (χ1v) is 12.3. The Bertz CT molecular complexity index is 988.